The number of halogens is 1. The van der Waals surface area contributed by atoms with E-state index >= 15 is 0 Å². The SMILES string of the molecule is CCOC(=O)N[C@H]1CC[C@H]2[C@H](C1)C[C@@H]1C(=O)O[C@@H](C)[C@H]1[C@@H]2C=Cc1ccc(-c2cccc(F)c2)cn1. The zero-order valence-corrected chi connectivity index (χ0v) is 20.7. The Kier molecular flexibility index (Phi) is 7.08. The van der Waals surface area contributed by atoms with Crippen LogP contribution in [0.3, 0.4) is 0 Å². The van der Waals surface area contributed by atoms with Gasteiger partial charge in [0.25, 0.3) is 0 Å². The summed E-state index contributed by atoms with van der Waals surface area (Å²) in [4.78, 5) is 29.2. The first kappa shape index (κ1) is 24.5. The maximum atomic E-state index is 13.6. The number of benzene rings is 1. The van der Waals surface area contributed by atoms with Gasteiger partial charge < -0.3 is 14.8 Å². The summed E-state index contributed by atoms with van der Waals surface area (Å²) in [6.45, 7) is 4.15. The molecule has 1 saturated heterocycles. The summed E-state index contributed by atoms with van der Waals surface area (Å²) in [5, 5.41) is 3.00. The van der Waals surface area contributed by atoms with Gasteiger partial charge in [0.15, 0.2) is 0 Å². The topological polar surface area (TPSA) is 77.5 Å². The van der Waals surface area contributed by atoms with Gasteiger partial charge in [-0.2, -0.15) is 0 Å². The third-order valence-corrected chi connectivity index (χ3v) is 8.18. The number of alkyl carbamates (subject to hydrolysis) is 1. The van der Waals surface area contributed by atoms with Crippen molar-refractivity contribution in [3.8, 4) is 11.1 Å². The zero-order chi connectivity index (χ0) is 25.2. The third-order valence-electron chi connectivity index (χ3n) is 8.18. The molecule has 36 heavy (non-hydrogen) atoms. The Hall–Kier alpha value is -3.22. The van der Waals surface area contributed by atoms with Crippen molar-refractivity contribution in [1.29, 1.82) is 0 Å². The van der Waals surface area contributed by atoms with Gasteiger partial charge in [0.1, 0.15) is 11.9 Å². The predicted octanol–water partition coefficient (Wildman–Crippen LogP) is 5.63. The molecular formula is C29H33FN2O4. The molecule has 3 aliphatic rings. The van der Waals surface area contributed by atoms with E-state index in [0.717, 1.165) is 42.5 Å². The fourth-order valence-electron chi connectivity index (χ4n) is 6.64. The van der Waals surface area contributed by atoms with E-state index in [9.17, 15) is 14.0 Å². The molecule has 3 fully saturated rings. The third kappa shape index (κ3) is 5.01. The highest BCUT2D eigenvalue weighted by Gasteiger charge is 2.54. The highest BCUT2D eigenvalue weighted by atomic mass is 19.1. The number of aromatic nitrogens is 1. The van der Waals surface area contributed by atoms with Crippen LogP contribution in [-0.4, -0.2) is 35.8 Å². The Bertz CT molecular complexity index is 1130. The van der Waals surface area contributed by atoms with Crippen LogP contribution in [0.15, 0.2) is 48.7 Å². The number of esters is 1. The van der Waals surface area contributed by atoms with Crippen molar-refractivity contribution in [2.75, 3.05) is 6.61 Å². The van der Waals surface area contributed by atoms with Crippen molar-refractivity contribution in [2.45, 2.75) is 51.7 Å². The lowest BCUT2D eigenvalue weighted by Gasteiger charge is -2.47. The summed E-state index contributed by atoms with van der Waals surface area (Å²) in [6.07, 6.45) is 9.07. The minimum absolute atomic E-state index is 0.0679. The molecule has 6 nitrogen and oxygen atoms in total. The Morgan fingerprint density at radius 1 is 1.22 bits per heavy atom. The average molecular weight is 493 g/mol. The number of allylic oxidation sites excluding steroid dienone is 1. The molecule has 2 saturated carbocycles. The van der Waals surface area contributed by atoms with Gasteiger partial charge in [-0.05, 0) is 87.1 Å². The lowest BCUT2D eigenvalue weighted by molar-refractivity contribution is -0.144. The van der Waals surface area contributed by atoms with Crippen molar-refractivity contribution in [3.63, 3.8) is 0 Å². The molecule has 0 spiro atoms. The molecular weight excluding hydrogens is 459 g/mol. The smallest absolute Gasteiger partial charge is 0.407 e. The average Bonchev–Trinajstić information content (AvgIpc) is 3.15. The van der Waals surface area contributed by atoms with Crippen molar-refractivity contribution in [2.24, 2.45) is 29.6 Å². The van der Waals surface area contributed by atoms with Gasteiger partial charge in [0, 0.05) is 23.7 Å². The highest BCUT2D eigenvalue weighted by molar-refractivity contribution is 5.75. The monoisotopic (exact) mass is 492 g/mol. The first-order valence-corrected chi connectivity index (χ1v) is 13.0. The number of carbonyl (C=O) groups is 2. The van der Waals surface area contributed by atoms with Crippen LogP contribution in [0, 0.1) is 35.4 Å². The van der Waals surface area contributed by atoms with Gasteiger partial charge in [-0.1, -0.05) is 24.3 Å². The second-order valence-electron chi connectivity index (χ2n) is 10.3. The van der Waals surface area contributed by atoms with E-state index in [1.54, 1.807) is 19.2 Å². The normalized spacial score (nSPS) is 31.4. The molecule has 0 radical (unpaired) electrons. The quantitative estimate of drug-likeness (QED) is 0.548. The zero-order valence-electron chi connectivity index (χ0n) is 20.7. The second-order valence-corrected chi connectivity index (χ2v) is 10.3. The number of rotatable bonds is 5. The van der Waals surface area contributed by atoms with Crippen LogP contribution in [0.5, 0.6) is 0 Å². The number of pyridine rings is 1. The summed E-state index contributed by atoms with van der Waals surface area (Å²) < 4.78 is 24.3. The molecule has 2 heterocycles. The van der Waals surface area contributed by atoms with E-state index in [1.807, 2.05) is 31.2 Å². The van der Waals surface area contributed by atoms with Gasteiger partial charge in [0.2, 0.25) is 0 Å². The van der Waals surface area contributed by atoms with Gasteiger partial charge in [-0.3, -0.25) is 9.78 Å². The largest absolute Gasteiger partial charge is 0.462 e. The van der Waals surface area contributed by atoms with Crippen LogP contribution < -0.4 is 5.32 Å². The van der Waals surface area contributed by atoms with Crippen LogP contribution in [0.25, 0.3) is 17.2 Å². The van der Waals surface area contributed by atoms with Gasteiger partial charge in [-0.15, -0.1) is 0 Å². The summed E-state index contributed by atoms with van der Waals surface area (Å²) in [6, 6.07) is 10.4. The van der Waals surface area contributed by atoms with E-state index in [4.69, 9.17) is 9.47 Å². The van der Waals surface area contributed by atoms with Crippen LogP contribution in [0.1, 0.15) is 45.2 Å². The molecule has 0 bridgehead atoms. The van der Waals surface area contributed by atoms with Crippen LogP contribution >= 0.6 is 0 Å². The number of nitrogens with one attached hydrogen (secondary N) is 1. The molecule has 7 atom stereocenters. The molecule has 1 aromatic heterocycles. The van der Waals surface area contributed by atoms with Crippen molar-refractivity contribution >= 4 is 18.1 Å². The Labute approximate surface area is 211 Å². The fourth-order valence-corrected chi connectivity index (χ4v) is 6.64. The molecule has 2 aliphatic carbocycles. The Morgan fingerprint density at radius 2 is 2.08 bits per heavy atom. The maximum Gasteiger partial charge on any atom is 0.407 e. The van der Waals surface area contributed by atoms with E-state index in [0.29, 0.717) is 18.4 Å². The predicted molar refractivity (Wildman–Crippen MR) is 134 cm³/mol. The van der Waals surface area contributed by atoms with E-state index in [-0.39, 0.29) is 47.8 Å². The minimum Gasteiger partial charge on any atom is -0.462 e. The second kappa shape index (κ2) is 10.4. The van der Waals surface area contributed by atoms with Crippen molar-refractivity contribution in [1.82, 2.24) is 10.3 Å². The van der Waals surface area contributed by atoms with Gasteiger partial charge in [0.05, 0.1) is 18.2 Å². The fraction of sp³-hybridized carbons (Fsp3) is 0.483. The van der Waals surface area contributed by atoms with E-state index in [2.05, 4.69) is 16.4 Å². The summed E-state index contributed by atoms with van der Waals surface area (Å²) >= 11 is 0. The molecule has 1 amide bonds. The minimum atomic E-state index is -0.368. The number of cyclic esters (lactones) is 1. The maximum absolute atomic E-state index is 13.6. The van der Waals surface area contributed by atoms with Crippen LogP contribution in [-0.2, 0) is 14.3 Å². The Morgan fingerprint density at radius 3 is 2.83 bits per heavy atom. The molecule has 190 valence electrons. The molecule has 1 aromatic carbocycles. The standard InChI is InChI=1S/C29H33FN2O4/c1-3-35-29(34)32-23-10-11-24-20(14-23)15-26-27(17(2)36-28(26)33)25(24)12-9-22-8-7-19(16-31-22)18-5-4-6-21(30)13-18/h4-9,12-13,16-17,20,23-27H,3,10-11,14-15H2,1-2H3,(H,32,34)/t17-,20+,23-,24-,25+,26-,27-/m0/s1. The number of ether oxygens (including phenoxy) is 2. The number of amides is 1. The number of hydrogen-bond acceptors (Lipinski definition) is 5. The number of nitrogens with zero attached hydrogens (tertiary/aromatic N) is 1. The van der Waals surface area contributed by atoms with E-state index in [1.165, 1.54) is 12.1 Å². The van der Waals surface area contributed by atoms with Crippen LogP contribution in [0.4, 0.5) is 9.18 Å². The van der Waals surface area contributed by atoms with Crippen LogP contribution in [0.2, 0.25) is 0 Å². The first-order chi connectivity index (χ1) is 17.4. The van der Waals surface area contributed by atoms with Crippen molar-refractivity contribution in [3.05, 3.63) is 60.2 Å². The molecule has 0 unspecified atom stereocenters. The molecule has 7 heteroatoms. The lowest BCUT2D eigenvalue weighted by atomic mass is 9.57. The molecule has 1 aliphatic heterocycles. The lowest BCUT2D eigenvalue weighted by Crippen LogP contribution is -2.48. The molecule has 1 N–H and O–H groups in total. The van der Waals surface area contributed by atoms with E-state index < -0.39 is 0 Å². The number of fused-ring (bicyclic) bond motifs is 2. The Balaban J connectivity index is 1.34. The molecule has 5 rings (SSSR count). The van der Waals surface area contributed by atoms with Crippen molar-refractivity contribution < 1.29 is 23.5 Å². The summed E-state index contributed by atoms with van der Waals surface area (Å²) in [7, 11) is 0. The summed E-state index contributed by atoms with van der Waals surface area (Å²) in [5.74, 6) is 0.629. The molecule has 2 aromatic rings. The number of carbonyl (C=O) groups excluding carboxylic acids is 2. The summed E-state index contributed by atoms with van der Waals surface area (Å²) in [5.41, 5.74) is 2.48. The van der Waals surface area contributed by atoms with Gasteiger partial charge in [-0.25, -0.2) is 9.18 Å². The van der Waals surface area contributed by atoms with Gasteiger partial charge >= 0.3 is 12.1 Å². The number of hydrogen-bond donors (Lipinski definition) is 1. The first-order valence-electron chi connectivity index (χ1n) is 13.0. The highest BCUT2D eigenvalue weighted by Crippen LogP contribution is 2.53.